The van der Waals surface area contributed by atoms with E-state index >= 15 is 0 Å². The van der Waals surface area contributed by atoms with E-state index in [0.29, 0.717) is 5.25 Å². The number of nitrogens with two attached hydrogens (primary N) is 1. The Bertz CT molecular complexity index is 136. The van der Waals surface area contributed by atoms with Crippen LogP contribution in [0.4, 0.5) is 0 Å². The van der Waals surface area contributed by atoms with Gasteiger partial charge in [-0.15, -0.1) is 0 Å². The summed E-state index contributed by atoms with van der Waals surface area (Å²) in [5.41, 5.74) is 5.58. The molecule has 74 valence electrons. The Morgan fingerprint density at radius 3 is 2.33 bits per heavy atom. The zero-order chi connectivity index (χ0) is 9.56. The molecule has 0 aliphatic carbocycles. The van der Waals surface area contributed by atoms with Gasteiger partial charge in [-0.1, -0.05) is 20.3 Å². The zero-order valence-electron chi connectivity index (χ0n) is 8.38. The van der Waals surface area contributed by atoms with Crippen LogP contribution in [0.15, 0.2) is 0 Å². The predicted octanol–water partition coefficient (Wildman–Crippen LogP) is 1.66. The van der Waals surface area contributed by atoms with Crippen LogP contribution in [0.25, 0.3) is 0 Å². The van der Waals surface area contributed by atoms with E-state index in [-0.39, 0.29) is 6.04 Å². The fourth-order valence-corrected chi connectivity index (χ4v) is 2.55. The highest BCUT2D eigenvalue weighted by Gasteiger charge is 2.09. The Morgan fingerprint density at radius 1 is 1.33 bits per heavy atom. The van der Waals surface area contributed by atoms with Gasteiger partial charge in [0.25, 0.3) is 0 Å². The highest BCUT2D eigenvalue weighted by atomic mass is 32.2. The molecule has 3 unspecified atom stereocenters. The van der Waals surface area contributed by atoms with Crippen molar-refractivity contribution in [3.8, 4) is 0 Å². The van der Waals surface area contributed by atoms with Gasteiger partial charge in [-0.25, -0.2) is 0 Å². The highest BCUT2D eigenvalue weighted by Crippen LogP contribution is 2.06. The van der Waals surface area contributed by atoms with Crippen molar-refractivity contribution in [2.75, 3.05) is 5.75 Å². The molecular formula is C9H21NOS. The van der Waals surface area contributed by atoms with Crippen molar-refractivity contribution in [3.63, 3.8) is 0 Å². The smallest absolute Gasteiger partial charge is 0.0319 e. The molecule has 3 heteroatoms. The van der Waals surface area contributed by atoms with E-state index < -0.39 is 10.8 Å². The second-order valence-electron chi connectivity index (χ2n) is 3.45. The van der Waals surface area contributed by atoms with Crippen molar-refractivity contribution in [1.82, 2.24) is 0 Å². The van der Waals surface area contributed by atoms with Crippen LogP contribution < -0.4 is 5.73 Å². The first-order chi connectivity index (χ1) is 5.57. The molecule has 0 aromatic heterocycles. The molecule has 0 radical (unpaired) electrons. The Labute approximate surface area is 78.4 Å². The fourth-order valence-electron chi connectivity index (χ4n) is 1.04. The lowest BCUT2D eigenvalue weighted by Crippen LogP contribution is -2.21. The molecule has 0 rings (SSSR count). The van der Waals surface area contributed by atoms with E-state index in [2.05, 4.69) is 13.8 Å². The van der Waals surface area contributed by atoms with Gasteiger partial charge in [-0.05, 0) is 19.8 Å². The largest absolute Gasteiger partial charge is 0.328 e. The third-order valence-corrected chi connectivity index (χ3v) is 3.69. The van der Waals surface area contributed by atoms with E-state index in [9.17, 15) is 4.21 Å². The maximum atomic E-state index is 11.5. The average molecular weight is 191 g/mol. The lowest BCUT2D eigenvalue weighted by Gasteiger charge is -2.10. The van der Waals surface area contributed by atoms with E-state index in [1.807, 2.05) is 6.92 Å². The molecule has 0 saturated heterocycles. The minimum Gasteiger partial charge on any atom is -0.328 e. The molecule has 0 aromatic rings. The Balaban J connectivity index is 3.57. The second-order valence-corrected chi connectivity index (χ2v) is 5.42. The quantitative estimate of drug-likeness (QED) is 0.694. The van der Waals surface area contributed by atoms with Gasteiger partial charge >= 0.3 is 0 Å². The molecule has 3 atom stereocenters. The average Bonchev–Trinajstić information content (AvgIpc) is 2.00. The molecule has 0 aliphatic heterocycles. The molecule has 0 spiro atoms. The van der Waals surface area contributed by atoms with Crippen LogP contribution in [-0.4, -0.2) is 21.3 Å². The molecule has 0 amide bonds. The predicted molar refractivity (Wildman–Crippen MR) is 55.6 cm³/mol. The first kappa shape index (κ1) is 12.1. The van der Waals surface area contributed by atoms with E-state index in [1.54, 1.807) is 0 Å². The van der Waals surface area contributed by atoms with Gasteiger partial charge in [0.15, 0.2) is 0 Å². The van der Waals surface area contributed by atoms with Crippen molar-refractivity contribution in [2.45, 2.75) is 51.3 Å². The van der Waals surface area contributed by atoms with Crippen LogP contribution in [0.2, 0.25) is 0 Å². The normalized spacial score (nSPS) is 18.7. The van der Waals surface area contributed by atoms with Crippen LogP contribution in [0.5, 0.6) is 0 Å². The Hall–Kier alpha value is 0.110. The molecule has 0 fully saturated rings. The lowest BCUT2D eigenvalue weighted by atomic mass is 10.3. The number of hydrogen-bond donors (Lipinski definition) is 1. The summed E-state index contributed by atoms with van der Waals surface area (Å²) >= 11 is 0. The molecule has 0 aromatic carbocycles. The molecule has 0 heterocycles. The maximum Gasteiger partial charge on any atom is 0.0319 e. The first-order valence-corrected chi connectivity index (χ1v) is 6.08. The Morgan fingerprint density at radius 2 is 1.92 bits per heavy atom. The van der Waals surface area contributed by atoms with Gasteiger partial charge in [0.1, 0.15) is 0 Å². The molecule has 12 heavy (non-hydrogen) atoms. The maximum absolute atomic E-state index is 11.5. The van der Waals surface area contributed by atoms with Gasteiger partial charge in [0.2, 0.25) is 0 Å². The molecule has 2 nitrogen and oxygen atoms in total. The summed E-state index contributed by atoms with van der Waals surface area (Å²) in [5.74, 6) is 0.763. The zero-order valence-corrected chi connectivity index (χ0v) is 9.19. The minimum absolute atomic E-state index is 0.183. The van der Waals surface area contributed by atoms with Crippen LogP contribution in [0.3, 0.4) is 0 Å². The molecule has 2 N–H and O–H groups in total. The summed E-state index contributed by atoms with van der Waals surface area (Å²) < 4.78 is 11.5. The van der Waals surface area contributed by atoms with Crippen molar-refractivity contribution in [2.24, 2.45) is 5.73 Å². The second kappa shape index (κ2) is 6.61. The van der Waals surface area contributed by atoms with Crippen LogP contribution in [0, 0.1) is 0 Å². The summed E-state index contributed by atoms with van der Waals surface area (Å²) in [6, 6.07) is 0.183. The third-order valence-electron chi connectivity index (χ3n) is 1.92. The van der Waals surface area contributed by atoms with Crippen LogP contribution in [-0.2, 0) is 10.8 Å². The summed E-state index contributed by atoms with van der Waals surface area (Å²) in [7, 11) is -0.665. The van der Waals surface area contributed by atoms with Crippen molar-refractivity contribution >= 4 is 10.8 Å². The molecule has 0 saturated carbocycles. The standard InChI is InChI=1S/C9H21NOS/c1-4-5-9(3)12(11)7-6-8(2)10/h8-9H,4-7,10H2,1-3H3. The molecule has 0 bridgehead atoms. The Kier molecular flexibility index (Phi) is 6.67. The molecule has 0 aliphatic rings. The topological polar surface area (TPSA) is 43.1 Å². The monoisotopic (exact) mass is 191 g/mol. The van der Waals surface area contributed by atoms with Gasteiger partial charge in [0, 0.05) is 27.8 Å². The first-order valence-electron chi connectivity index (χ1n) is 4.70. The van der Waals surface area contributed by atoms with Crippen molar-refractivity contribution in [3.05, 3.63) is 0 Å². The molecular weight excluding hydrogens is 170 g/mol. The number of hydrogen-bond acceptors (Lipinski definition) is 2. The van der Waals surface area contributed by atoms with E-state index in [4.69, 9.17) is 5.73 Å². The summed E-state index contributed by atoms with van der Waals surface area (Å²) in [4.78, 5) is 0. The summed E-state index contributed by atoms with van der Waals surface area (Å²) in [6.45, 7) is 6.14. The van der Waals surface area contributed by atoms with Crippen LogP contribution in [0.1, 0.15) is 40.0 Å². The van der Waals surface area contributed by atoms with Crippen LogP contribution >= 0.6 is 0 Å². The SMILES string of the molecule is CCCC(C)S(=O)CCC(C)N. The summed E-state index contributed by atoms with van der Waals surface area (Å²) in [5, 5.41) is 0.341. The van der Waals surface area contributed by atoms with Crippen molar-refractivity contribution in [1.29, 1.82) is 0 Å². The highest BCUT2D eigenvalue weighted by molar-refractivity contribution is 7.85. The lowest BCUT2D eigenvalue weighted by molar-refractivity contribution is 0.649. The van der Waals surface area contributed by atoms with Gasteiger partial charge < -0.3 is 5.73 Å². The third kappa shape index (κ3) is 5.72. The minimum atomic E-state index is -0.665. The van der Waals surface area contributed by atoms with E-state index in [0.717, 1.165) is 25.0 Å². The van der Waals surface area contributed by atoms with Gasteiger partial charge in [-0.2, -0.15) is 0 Å². The van der Waals surface area contributed by atoms with Crippen molar-refractivity contribution < 1.29 is 4.21 Å². The fraction of sp³-hybridized carbons (Fsp3) is 1.00. The van der Waals surface area contributed by atoms with E-state index in [1.165, 1.54) is 0 Å². The summed E-state index contributed by atoms with van der Waals surface area (Å²) in [6.07, 6.45) is 3.05. The van der Waals surface area contributed by atoms with Gasteiger partial charge in [0.05, 0.1) is 0 Å². The number of rotatable bonds is 6. The van der Waals surface area contributed by atoms with Gasteiger partial charge in [-0.3, -0.25) is 4.21 Å².